The Morgan fingerprint density at radius 1 is 0.966 bits per heavy atom. The van der Waals surface area contributed by atoms with E-state index in [0.717, 1.165) is 28.2 Å². The average Bonchev–Trinajstić information content (AvgIpc) is 3.03. The van der Waals surface area contributed by atoms with Crippen molar-refractivity contribution in [2.24, 2.45) is 0 Å². The normalized spacial score (nSPS) is 10.6. The van der Waals surface area contributed by atoms with Crippen LogP contribution >= 0.6 is 11.8 Å². The van der Waals surface area contributed by atoms with E-state index in [9.17, 15) is 9.59 Å². The predicted molar refractivity (Wildman–Crippen MR) is 115 cm³/mol. The topological polar surface area (TPSA) is 88.9 Å². The molecule has 150 valence electrons. The molecule has 3 amide bonds. The number of thioether (sulfide) groups is 1. The summed E-state index contributed by atoms with van der Waals surface area (Å²) >= 11 is 1.23. The second-order valence-electron chi connectivity index (χ2n) is 6.81. The van der Waals surface area contributed by atoms with Crippen molar-refractivity contribution in [3.05, 3.63) is 65.0 Å². The van der Waals surface area contributed by atoms with Crippen molar-refractivity contribution in [1.82, 2.24) is 20.1 Å². The zero-order valence-electron chi connectivity index (χ0n) is 16.8. The van der Waals surface area contributed by atoms with Gasteiger partial charge in [-0.2, -0.15) is 0 Å². The molecule has 8 heteroatoms. The van der Waals surface area contributed by atoms with Gasteiger partial charge in [0.1, 0.15) is 5.82 Å². The van der Waals surface area contributed by atoms with Crippen molar-refractivity contribution < 1.29 is 9.59 Å². The van der Waals surface area contributed by atoms with Crippen LogP contribution in [-0.2, 0) is 4.79 Å². The maximum Gasteiger partial charge on any atom is 0.325 e. The number of aryl methyl sites for hydroxylation is 4. The molecule has 0 saturated carbocycles. The maximum atomic E-state index is 12.2. The van der Waals surface area contributed by atoms with E-state index in [2.05, 4.69) is 20.8 Å². The number of urea groups is 1. The molecule has 0 aliphatic rings. The summed E-state index contributed by atoms with van der Waals surface area (Å²) in [7, 11) is 0. The van der Waals surface area contributed by atoms with E-state index in [1.807, 2.05) is 74.7 Å². The van der Waals surface area contributed by atoms with E-state index < -0.39 is 11.9 Å². The molecule has 0 bridgehead atoms. The number of imide groups is 1. The molecule has 3 rings (SSSR count). The number of benzene rings is 2. The van der Waals surface area contributed by atoms with Gasteiger partial charge in [0.2, 0.25) is 5.91 Å². The Balaban J connectivity index is 1.60. The SMILES string of the molecule is Cc1ccc(-n2c(C)nnc2SCC(=O)NC(=O)Nc2ccc(C)cc2C)cc1. The third kappa shape index (κ3) is 5.23. The Morgan fingerprint density at radius 2 is 1.66 bits per heavy atom. The number of rotatable bonds is 5. The van der Waals surface area contributed by atoms with Gasteiger partial charge in [0.15, 0.2) is 5.16 Å². The van der Waals surface area contributed by atoms with Crippen LogP contribution in [0.15, 0.2) is 47.6 Å². The molecule has 3 aromatic rings. The summed E-state index contributed by atoms with van der Waals surface area (Å²) in [5.41, 5.74) is 4.79. The van der Waals surface area contributed by atoms with Crippen LogP contribution in [-0.4, -0.2) is 32.5 Å². The first-order chi connectivity index (χ1) is 13.8. The van der Waals surface area contributed by atoms with Crippen LogP contribution < -0.4 is 10.6 Å². The van der Waals surface area contributed by atoms with Crippen molar-refractivity contribution in [2.75, 3.05) is 11.1 Å². The van der Waals surface area contributed by atoms with Crippen molar-refractivity contribution in [3.63, 3.8) is 0 Å². The highest BCUT2D eigenvalue weighted by atomic mass is 32.2. The lowest BCUT2D eigenvalue weighted by atomic mass is 10.1. The largest absolute Gasteiger partial charge is 0.325 e. The summed E-state index contributed by atoms with van der Waals surface area (Å²) in [4.78, 5) is 24.3. The summed E-state index contributed by atoms with van der Waals surface area (Å²) in [6, 6.07) is 13.1. The van der Waals surface area contributed by atoms with Crippen molar-refractivity contribution in [2.45, 2.75) is 32.9 Å². The number of carbonyl (C=O) groups excluding carboxylic acids is 2. The summed E-state index contributed by atoms with van der Waals surface area (Å²) in [5, 5.41) is 13.9. The molecule has 0 spiro atoms. The average molecular weight is 410 g/mol. The highest BCUT2D eigenvalue weighted by Gasteiger charge is 2.15. The van der Waals surface area contributed by atoms with Gasteiger partial charge in [-0.15, -0.1) is 10.2 Å². The number of anilines is 1. The minimum absolute atomic E-state index is 0.0459. The Labute approximate surface area is 173 Å². The smallest absolute Gasteiger partial charge is 0.307 e. The van der Waals surface area contributed by atoms with Crippen LogP contribution in [0.4, 0.5) is 10.5 Å². The van der Waals surface area contributed by atoms with Crippen LogP contribution in [0.5, 0.6) is 0 Å². The van der Waals surface area contributed by atoms with Gasteiger partial charge in [0.25, 0.3) is 0 Å². The second-order valence-corrected chi connectivity index (χ2v) is 7.75. The molecule has 0 aliphatic heterocycles. The van der Waals surface area contributed by atoms with Crippen molar-refractivity contribution >= 4 is 29.4 Å². The van der Waals surface area contributed by atoms with Gasteiger partial charge in [-0.25, -0.2) is 4.79 Å². The van der Waals surface area contributed by atoms with Gasteiger partial charge in [0.05, 0.1) is 5.75 Å². The molecule has 0 fully saturated rings. The van der Waals surface area contributed by atoms with E-state index in [4.69, 9.17) is 0 Å². The molecular formula is C21H23N5O2S. The number of aromatic nitrogens is 3. The van der Waals surface area contributed by atoms with Gasteiger partial charge in [-0.1, -0.05) is 47.2 Å². The van der Waals surface area contributed by atoms with Crippen molar-refractivity contribution in [1.29, 1.82) is 0 Å². The van der Waals surface area contributed by atoms with Crippen LogP contribution in [0.25, 0.3) is 5.69 Å². The molecule has 0 atom stereocenters. The second kappa shape index (κ2) is 8.91. The Bertz CT molecular complexity index is 1040. The summed E-state index contributed by atoms with van der Waals surface area (Å²) in [5.74, 6) is 0.363. The van der Waals surface area contributed by atoms with Gasteiger partial charge in [0, 0.05) is 11.4 Å². The number of carbonyl (C=O) groups is 2. The number of hydrogen-bond acceptors (Lipinski definition) is 5. The van der Waals surface area contributed by atoms with Gasteiger partial charge in [-0.3, -0.25) is 14.7 Å². The molecule has 0 aliphatic carbocycles. The molecular weight excluding hydrogens is 386 g/mol. The predicted octanol–water partition coefficient (Wildman–Crippen LogP) is 3.94. The molecule has 2 aromatic carbocycles. The van der Waals surface area contributed by atoms with E-state index in [-0.39, 0.29) is 5.75 Å². The lowest BCUT2D eigenvalue weighted by Gasteiger charge is -2.10. The van der Waals surface area contributed by atoms with Crippen molar-refractivity contribution in [3.8, 4) is 5.69 Å². The zero-order chi connectivity index (χ0) is 21.0. The fraction of sp³-hybridized carbons (Fsp3) is 0.238. The highest BCUT2D eigenvalue weighted by molar-refractivity contribution is 7.99. The Kier molecular flexibility index (Phi) is 6.33. The zero-order valence-corrected chi connectivity index (χ0v) is 17.6. The lowest BCUT2D eigenvalue weighted by molar-refractivity contribution is -0.117. The van der Waals surface area contributed by atoms with Crippen LogP contribution in [0.2, 0.25) is 0 Å². The fourth-order valence-electron chi connectivity index (χ4n) is 2.83. The monoisotopic (exact) mass is 409 g/mol. The first-order valence-electron chi connectivity index (χ1n) is 9.13. The number of nitrogens with zero attached hydrogens (tertiary/aromatic N) is 3. The molecule has 0 radical (unpaired) electrons. The van der Waals surface area contributed by atoms with Crippen LogP contribution in [0.3, 0.4) is 0 Å². The maximum absolute atomic E-state index is 12.2. The van der Waals surface area contributed by atoms with Gasteiger partial charge >= 0.3 is 6.03 Å². The fourth-order valence-corrected chi connectivity index (χ4v) is 3.63. The highest BCUT2D eigenvalue weighted by Crippen LogP contribution is 2.22. The van der Waals surface area contributed by atoms with E-state index >= 15 is 0 Å². The molecule has 1 aromatic heterocycles. The molecule has 29 heavy (non-hydrogen) atoms. The number of hydrogen-bond donors (Lipinski definition) is 2. The number of amides is 3. The first kappa shape index (κ1) is 20.6. The molecule has 1 heterocycles. The Morgan fingerprint density at radius 3 is 2.34 bits per heavy atom. The number of nitrogens with one attached hydrogen (secondary N) is 2. The third-order valence-electron chi connectivity index (χ3n) is 4.30. The Hall–Kier alpha value is -3.13. The molecule has 7 nitrogen and oxygen atoms in total. The van der Waals surface area contributed by atoms with E-state index in [1.54, 1.807) is 0 Å². The minimum atomic E-state index is -0.557. The van der Waals surface area contributed by atoms with E-state index in [0.29, 0.717) is 10.8 Å². The molecule has 2 N–H and O–H groups in total. The minimum Gasteiger partial charge on any atom is -0.307 e. The summed E-state index contributed by atoms with van der Waals surface area (Å²) in [6.45, 7) is 7.76. The lowest BCUT2D eigenvalue weighted by Crippen LogP contribution is -2.35. The quantitative estimate of drug-likeness (QED) is 0.623. The first-order valence-corrected chi connectivity index (χ1v) is 10.1. The standard InChI is InChI=1S/C21H23N5O2S/c1-13-5-8-17(9-6-13)26-16(4)24-25-21(26)29-12-19(27)23-20(28)22-18-10-7-14(2)11-15(18)3/h5-11H,12H2,1-4H3,(H2,22,23,27,28). The summed E-state index contributed by atoms with van der Waals surface area (Å²) in [6.07, 6.45) is 0. The third-order valence-corrected chi connectivity index (χ3v) is 5.23. The van der Waals surface area contributed by atoms with E-state index in [1.165, 1.54) is 11.8 Å². The van der Waals surface area contributed by atoms with Gasteiger partial charge < -0.3 is 5.32 Å². The van der Waals surface area contributed by atoms with Crippen LogP contribution in [0.1, 0.15) is 22.5 Å². The van der Waals surface area contributed by atoms with Gasteiger partial charge in [-0.05, 0) is 51.5 Å². The molecule has 0 unspecified atom stereocenters. The van der Waals surface area contributed by atoms with Crippen LogP contribution in [0, 0.1) is 27.7 Å². The summed E-state index contributed by atoms with van der Waals surface area (Å²) < 4.78 is 1.88. The molecule has 0 saturated heterocycles.